The van der Waals surface area contributed by atoms with E-state index in [1.165, 1.54) is 12.8 Å². The van der Waals surface area contributed by atoms with Crippen molar-refractivity contribution in [2.45, 2.75) is 40.5 Å². The van der Waals surface area contributed by atoms with Crippen LogP contribution in [0.4, 0.5) is 0 Å². The number of rotatable bonds is 2. The van der Waals surface area contributed by atoms with Crippen LogP contribution in [0, 0.1) is 17.8 Å². The van der Waals surface area contributed by atoms with Crippen LogP contribution in [0.2, 0.25) is 0 Å². The third-order valence-corrected chi connectivity index (χ3v) is 4.41. The van der Waals surface area contributed by atoms with Gasteiger partial charge in [0.15, 0.2) is 0 Å². The van der Waals surface area contributed by atoms with Crippen molar-refractivity contribution in [3.05, 3.63) is 9.54 Å². The molecule has 0 amide bonds. The van der Waals surface area contributed by atoms with Crippen molar-refractivity contribution >= 4 is 0 Å². The maximum atomic E-state index is 2.36. The van der Waals surface area contributed by atoms with Gasteiger partial charge in [-0.25, -0.2) is 0 Å². The normalized spacial score (nSPS) is 24.7. The Bertz CT molecular complexity index is 189. The third-order valence-electron chi connectivity index (χ3n) is 2.83. The Labute approximate surface area is 87.7 Å². The molecule has 0 bridgehead atoms. The van der Waals surface area contributed by atoms with Gasteiger partial charge < -0.3 is 0 Å². The van der Waals surface area contributed by atoms with Crippen molar-refractivity contribution in [2.24, 2.45) is 17.8 Å². The van der Waals surface area contributed by atoms with Crippen LogP contribution in [-0.2, 0) is 19.8 Å². The summed E-state index contributed by atoms with van der Waals surface area (Å²) in [5.74, 6) is 2.53. The summed E-state index contributed by atoms with van der Waals surface area (Å²) < 4.78 is 1.75. The molecule has 0 aliphatic heterocycles. The zero-order valence-electron chi connectivity index (χ0n) is 8.55. The molecule has 0 heterocycles. The summed E-state index contributed by atoms with van der Waals surface area (Å²) in [7, 11) is 0. The number of hydrogen-bond acceptors (Lipinski definition) is 0. The first-order chi connectivity index (χ1) is 5.54. The summed E-state index contributed by atoms with van der Waals surface area (Å²) in [6.07, 6.45) is 2.80. The Balaban J connectivity index is 2.82. The molecule has 0 aromatic heterocycles. The van der Waals surface area contributed by atoms with Gasteiger partial charge in [-0.3, -0.25) is 0 Å². The summed E-state index contributed by atoms with van der Waals surface area (Å²) in [6, 6.07) is 0. The standard InChI is InChI=1S/C11H19.W/c1-8(2)10-6-5-7-11(10)9(3)4;/h8-10H,5-6H2,1-4H3;. The summed E-state index contributed by atoms with van der Waals surface area (Å²) >= 11 is 1.71. The third kappa shape index (κ3) is 2.02. The molecular formula is C11H19W. The Morgan fingerprint density at radius 2 is 1.83 bits per heavy atom. The van der Waals surface area contributed by atoms with E-state index in [-0.39, 0.29) is 0 Å². The van der Waals surface area contributed by atoms with Gasteiger partial charge in [0.05, 0.1) is 0 Å². The van der Waals surface area contributed by atoms with Gasteiger partial charge in [-0.2, -0.15) is 0 Å². The first kappa shape index (κ1) is 10.5. The molecule has 0 saturated carbocycles. The van der Waals surface area contributed by atoms with Gasteiger partial charge in [0.2, 0.25) is 0 Å². The monoisotopic (exact) mass is 335 g/mol. The second kappa shape index (κ2) is 4.09. The quantitative estimate of drug-likeness (QED) is 0.725. The molecule has 0 spiro atoms. The molecule has 0 radical (unpaired) electrons. The molecule has 12 heavy (non-hydrogen) atoms. The molecule has 0 fully saturated rings. The van der Waals surface area contributed by atoms with Gasteiger partial charge in [-0.15, -0.1) is 0 Å². The summed E-state index contributed by atoms with van der Waals surface area (Å²) in [6.45, 7) is 9.42. The molecule has 1 aliphatic rings. The average Bonchev–Trinajstić information content (AvgIpc) is 2.30. The van der Waals surface area contributed by atoms with Gasteiger partial charge in [0, 0.05) is 0 Å². The van der Waals surface area contributed by atoms with Gasteiger partial charge in [0.25, 0.3) is 0 Å². The molecule has 0 aromatic carbocycles. The van der Waals surface area contributed by atoms with E-state index in [2.05, 4.69) is 27.7 Å². The fourth-order valence-electron chi connectivity index (χ4n) is 2.24. The van der Waals surface area contributed by atoms with E-state index in [1.54, 1.807) is 29.3 Å². The Morgan fingerprint density at radius 3 is 2.17 bits per heavy atom. The number of hydrogen-bond donors (Lipinski definition) is 0. The molecular weight excluding hydrogens is 316 g/mol. The van der Waals surface area contributed by atoms with Gasteiger partial charge in [0.1, 0.15) is 0 Å². The van der Waals surface area contributed by atoms with E-state index in [4.69, 9.17) is 0 Å². The van der Waals surface area contributed by atoms with Crippen LogP contribution in [-0.4, -0.2) is 0 Å². The van der Waals surface area contributed by atoms with Crippen molar-refractivity contribution in [3.63, 3.8) is 0 Å². The zero-order valence-corrected chi connectivity index (χ0v) is 11.5. The zero-order chi connectivity index (χ0) is 9.30. The molecule has 0 N–H and O–H groups in total. The predicted octanol–water partition coefficient (Wildman–Crippen LogP) is 3.51. The fourth-order valence-corrected chi connectivity index (χ4v) is 4.05. The van der Waals surface area contributed by atoms with Crippen molar-refractivity contribution in [1.29, 1.82) is 0 Å². The fraction of sp³-hybridized carbons (Fsp3) is 0.818. The first-order valence-corrected chi connectivity index (χ1v) is 6.40. The topological polar surface area (TPSA) is 0 Å². The number of allylic oxidation sites excluding steroid dienone is 2. The minimum absolute atomic E-state index is 0.785. The van der Waals surface area contributed by atoms with Crippen molar-refractivity contribution in [1.82, 2.24) is 0 Å². The molecule has 0 aromatic rings. The average molecular weight is 335 g/mol. The summed E-state index contributed by atoms with van der Waals surface area (Å²) in [5, 5.41) is 0. The Hall–Kier alpha value is 0.428. The molecule has 69 valence electrons. The van der Waals surface area contributed by atoms with Crippen LogP contribution in [0.1, 0.15) is 40.5 Å². The SMILES string of the molecule is CC(C)C1=[C]([W])CCC1C(C)C. The molecule has 1 heteroatoms. The van der Waals surface area contributed by atoms with E-state index >= 15 is 0 Å². The molecule has 1 unspecified atom stereocenters. The van der Waals surface area contributed by atoms with E-state index in [0.29, 0.717) is 0 Å². The van der Waals surface area contributed by atoms with E-state index < -0.39 is 0 Å². The predicted molar refractivity (Wildman–Crippen MR) is 49.4 cm³/mol. The Kier molecular flexibility index (Phi) is 3.58. The van der Waals surface area contributed by atoms with Crippen LogP contribution >= 0.6 is 0 Å². The summed E-state index contributed by atoms with van der Waals surface area (Å²) in [4.78, 5) is 0. The molecule has 1 aliphatic carbocycles. The molecule has 1 rings (SSSR count). The molecule has 0 nitrogen and oxygen atoms in total. The second-order valence-corrected chi connectivity index (χ2v) is 6.19. The van der Waals surface area contributed by atoms with E-state index in [1.807, 2.05) is 0 Å². The summed E-state index contributed by atoms with van der Waals surface area (Å²) in [5.41, 5.74) is 1.79. The van der Waals surface area contributed by atoms with Crippen molar-refractivity contribution in [2.75, 3.05) is 0 Å². The minimum atomic E-state index is 0.785. The molecule has 0 saturated heterocycles. The van der Waals surface area contributed by atoms with Crippen LogP contribution in [0.15, 0.2) is 9.54 Å². The van der Waals surface area contributed by atoms with E-state index in [0.717, 1.165) is 17.8 Å². The van der Waals surface area contributed by atoms with Crippen molar-refractivity contribution in [3.8, 4) is 0 Å². The Morgan fingerprint density at radius 1 is 1.25 bits per heavy atom. The van der Waals surface area contributed by atoms with Gasteiger partial charge in [-0.05, 0) is 0 Å². The van der Waals surface area contributed by atoms with Crippen LogP contribution in [0.25, 0.3) is 0 Å². The van der Waals surface area contributed by atoms with Gasteiger partial charge >= 0.3 is 87.6 Å². The first-order valence-electron chi connectivity index (χ1n) is 4.94. The van der Waals surface area contributed by atoms with E-state index in [9.17, 15) is 0 Å². The molecule has 1 atom stereocenters. The van der Waals surface area contributed by atoms with Crippen LogP contribution < -0.4 is 0 Å². The second-order valence-electron chi connectivity index (χ2n) is 4.42. The van der Waals surface area contributed by atoms with Crippen LogP contribution in [0.5, 0.6) is 0 Å². The van der Waals surface area contributed by atoms with Gasteiger partial charge in [-0.1, -0.05) is 0 Å². The maximum absolute atomic E-state index is 2.36. The van der Waals surface area contributed by atoms with Crippen molar-refractivity contribution < 1.29 is 19.8 Å². The van der Waals surface area contributed by atoms with Crippen LogP contribution in [0.3, 0.4) is 0 Å².